The van der Waals surface area contributed by atoms with Gasteiger partial charge >= 0.3 is 5.97 Å². The quantitative estimate of drug-likeness (QED) is 0.693. The van der Waals surface area contributed by atoms with Crippen molar-refractivity contribution in [1.29, 1.82) is 0 Å². The molecule has 0 bridgehead atoms. The molecule has 0 unspecified atom stereocenters. The number of carboxylic acids is 1. The fourth-order valence-corrected chi connectivity index (χ4v) is 2.66. The van der Waals surface area contributed by atoms with E-state index in [0.717, 1.165) is 27.7 Å². The van der Waals surface area contributed by atoms with Gasteiger partial charge in [0.1, 0.15) is 5.15 Å². The van der Waals surface area contributed by atoms with Crippen LogP contribution in [-0.2, 0) is 6.54 Å². The summed E-state index contributed by atoms with van der Waals surface area (Å²) in [4.78, 5) is 15.4. The summed E-state index contributed by atoms with van der Waals surface area (Å²) in [6, 6.07) is 14.8. The number of para-hydroxylation sites is 1. The van der Waals surface area contributed by atoms with Crippen LogP contribution in [0, 0.1) is 6.92 Å². The number of benzene rings is 2. The van der Waals surface area contributed by atoms with Gasteiger partial charge in [-0.15, -0.1) is 0 Å². The van der Waals surface area contributed by atoms with Crippen LogP contribution >= 0.6 is 11.6 Å². The van der Waals surface area contributed by atoms with Gasteiger partial charge in [0.05, 0.1) is 11.1 Å². The SMILES string of the molecule is Cc1cc(C(=O)O)ccc1NCc1cc2ccccc2nc1Cl. The number of nitrogens with zero attached hydrogens (tertiary/aromatic N) is 1. The number of rotatable bonds is 4. The molecule has 3 rings (SSSR count). The molecule has 0 saturated heterocycles. The molecular weight excluding hydrogens is 312 g/mol. The second-order valence-electron chi connectivity index (χ2n) is 5.32. The van der Waals surface area contributed by atoms with Gasteiger partial charge in [-0.3, -0.25) is 0 Å². The standard InChI is InChI=1S/C18H15ClN2O2/c1-11-8-13(18(22)23)6-7-15(11)20-10-14-9-12-4-2-3-5-16(12)21-17(14)19/h2-9,20H,10H2,1H3,(H,22,23). The monoisotopic (exact) mass is 326 g/mol. The lowest BCUT2D eigenvalue weighted by atomic mass is 10.1. The smallest absolute Gasteiger partial charge is 0.335 e. The number of hydrogen-bond donors (Lipinski definition) is 2. The molecule has 0 aliphatic carbocycles. The van der Waals surface area contributed by atoms with Crippen LogP contribution in [0.25, 0.3) is 10.9 Å². The molecule has 5 heteroatoms. The number of carboxylic acid groups (broad SMARTS) is 1. The van der Waals surface area contributed by atoms with Crippen molar-refractivity contribution in [2.75, 3.05) is 5.32 Å². The number of aromatic carboxylic acids is 1. The fourth-order valence-electron chi connectivity index (χ4n) is 2.45. The maximum absolute atomic E-state index is 11.0. The number of pyridine rings is 1. The van der Waals surface area contributed by atoms with Crippen molar-refractivity contribution < 1.29 is 9.90 Å². The molecule has 0 fully saturated rings. The molecule has 0 aliphatic heterocycles. The first-order valence-electron chi connectivity index (χ1n) is 7.16. The lowest BCUT2D eigenvalue weighted by molar-refractivity contribution is 0.0697. The second-order valence-corrected chi connectivity index (χ2v) is 5.68. The highest BCUT2D eigenvalue weighted by Gasteiger charge is 2.08. The van der Waals surface area contributed by atoms with Crippen molar-refractivity contribution in [2.24, 2.45) is 0 Å². The summed E-state index contributed by atoms with van der Waals surface area (Å²) >= 11 is 6.25. The highest BCUT2D eigenvalue weighted by molar-refractivity contribution is 6.30. The molecular formula is C18H15ClN2O2. The van der Waals surface area contributed by atoms with Crippen LogP contribution in [0.3, 0.4) is 0 Å². The lowest BCUT2D eigenvalue weighted by Crippen LogP contribution is -2.04. The summed E-state index contributed by atoms with van der Waals surface area (Å²) in [5.41, 5.74) is 3.78. The van der Waals surface area contributed by atoms with Crippen molar-refractivity contribution in [1.82, 2.24) is 4.98 Å². The van der Waals surface area contributed by atoms with Crippen molar-refractivity contribution >= 4 is 34.2 Å². The highest BCUT2D eigenvalue weighted by atomic mass is 35.5. The molecule has 0 atom stereocenters. The van der Waals surface area contributed by atoms with Crippen LogP contribution in [0.2, 0.25) is 5.15 Å². The van der Waals surface area contributed by atoms with Crippen molar-refractivity contribution in [3.63, 3.8) is 0 Å². The molecule has 0 amide bonds. The summed E-state index contributed by atoms with van der Waals surface area (Å²) in [5, 5.41) is 13.8. The van der Waals surface area contributed by atoms with Gasteiger partial charge in [0.15, 0.2) is 0 Å². The van der Waals surface area contributed by atoms with Crippen molar-refractivity contribution in [3.05, 3.63) is 70.4 Å². The van der Waals surface area contributed by atoms with E-state index in [-0.39, 0.29) is 5.56 Å². The molecule has 0 spiro atoms. The zero-order valence-corrected chi connectivity index (χ0v) is 13.3. The topological polar surface area (TPSA) is 62.2 Å². The number of anilines is 1. The average molecular weight is 327 g/mol. The summed E-state index contributed by atoms with van der Waals surface area (Å²) in [5.74, 6) is -0.929. The molecule has 1 heterocycles. The number of fused-ring (bicyclic) bond motifs is 1. The molecule has 23 heavy (non-hydrogen) atoms. The van der Waals surface area contributed by atoms with Crippen LogP contribution < -0.4 is 5.32 Å². The minimum Gasteiger partial charge on any atom is -0.478 e. The maximum Gasteiger partial charge on any atom is 0.335 e. The number of carbonyl (C=O) groups is 1. The normalized spacial score (nSPS) is 10.7. The molecule has 1 aromatic heterocycles. The summed E-state index contributed by atoms with van der Waals surface area (Å²) in [6.07, 6.45) is 0. The molecule has 0 radical (unpaired) electrons. The van der Waals surface area contributed by atoms with Gasteiger partial charge < -0.3 is 10.4 Å². The lowest BCUT2D eigenvalue weighted by Gasteiger charge is -2.12. The molecule has 0 saturated carbocycles. The number of nitrogens with one attached hydrogen (secondary N) is 1. The summed E-state index contributed by atoms with van der Waals surface area (Å²) in [7, 11) is 0. The van der Waals surface area contributed by atoms with Gasteiger partial charge in [-0.05, 0) is 42.8 Å². The van der Waals surface area contributed by atoms with E-state index in [1.54, 1.807) is 18.2 Å². The van der Waals surface area contributed by atoms with Crippen molar-refractivity contribution in [2.45, 2.75) is 13.5 Å². The molecule has 3 aromatic rings. The third-order valence-electron chi connectivity index (χ3n) is 3.69. The Morgan fingerprint density at radius 2 is 2.00 bits per heavy atom. The van der Waals surface area contributed by atoms with E-state index < -0.39 is 5.97 Å². The van der Waals surface area contributed by atoms with E-state index >= 15 is 0 Å². The highest BCUT2D eigenvalue weighted by Crippen LogP contribution is 2.23. The van der Waals surface area contributed by atoms with E-state index in [1.165, 1.54) is 0 Å². The Balaban J connectivity index is 1.83. The average Bonchev–Trinajstić information content (AvgIpc) is 2.53. The van der Waals surface area contributed by atoms with E-state index in [1.807, 2.05) is 37.3 Å². The summed E-state index contributed by atoms with van der Waals surface area (Å²) < 4.78 is 0. The van der Waals surface area contributed by atoms with E-state index in [9.17, 15) is 4.79 Å². The zero-order chi connectivity index (χ0) is 16.4. The van der Waals surface area contributed by atoms with Gasteiger partial charge in [-0.25, -0.2) is 9.78 Å². The van der Waals surface area contributed by atoms with Crippen LogP contribution in [0.4, 0.5) is 5.69 Å². The predicted molar refractivity (Wildman–Crippen MR) is 92.2 cm³/mol. The largest absolute Gasteiger partial charge is 0.478 e. The molecule has 4 nitrogen and oxygen atoms in total. The van der Waals surface area contributed by atoms with E-state index in [4.69, 9.17) is 16.7 Å². The van der Waals surface area contributed by atoms with Gasteiger partial charge in [0.2, 0.25) is 0 Å². The Morgan fingerprint density at radius 3 is 2.74 bits per heavy atom. The first kappa shape index (κ1) is 15.3. The van der Waals surface area contributed by atoms with Gasteiger partial charge in [-0.1, -0.05) is 29.8 Å². The van der Waals surface area contributed by atoms with Crippen LogP contribution in [0.15, 0.2) is 48.5 Å². The molecule has 2 aromatic carbocycles. The van der Waals surface area contributed by atoms with Gasteiger partial charge in [-0.2, -0.15) is 0 Å². The van der Waals surface area contributed by atoms with Crippen LogP contribution in [0.5, 0.6) is 0 Å². The summed E-state index contributed by atoms with van der Waals surface area (Å²) in [6.45, 7) is 2.39. The number of halogens is 1. The third kappa shape index (κ3) is 3.27. The van der Waals surface area contributed by atoms with Crippen LogP contribution in [-0.4, -0.2) is 16.1 Å². The number of aryl methyl sites for hydroxylation is 1. The van der Waals surface area contributed by atoms with Gasteiger partial charge in [0, 0.05) is 23.2 Å². The first-order chi connectivity index (χ1) is 11.0. The maximum atomic E-state index is 11.0. The Bertz CT molecular complexity index is 893. The van der Waals surface area contributed by atoms with Crippen molar-refractivity contribution in [3.8, 4) is 0 Å². The molecule has 116 valence electrons. The van der Waals surface area contributed by atoms with Gasteiger partial charge in [0.25, 0.3) is 0 Å². The Morgan fingerprint density at radius 1 is 1.22 bits per heavy atom. The predicted octanol–water partition coefficient (Wildman–Crippen LogP) is 4.51. The fraction of sp³-hybridized carbons (Fsp3) is 0.111. The third-order valence-corrected chi connectivity index (χ3v) is 4.02. The molecule has 2 N–H and O–H groups in total. The number of hydrogen-bond acceptors (Lipinski definition) is 3. The van der Waals surface area contributed by atoms with E-state index in [2.05, 4.69) is 10.3 Å². The van der Waals surface area contributed by atoms with E-state index in [0.29, 0.717) is 11.7 Å². The minimum atomic E-state index is -0.929. The second kappa shape index (κ2) is 6.26. The first-order valence-corrected chi connectivity index (χ1v) is 7.54. The Hall–Kier alpha value is -2.59. The molecule has 0 aliphatic rings. The Kier molecular flexibility index (Phi) is 4.17. The van der Waals surface area contributed by atoms with Crippen LogP contribution in [0.1, 0.15) is 21.5 Å². The Labute approximate surface area is 138 Å². The minimum absolute atomic E-state index is 0.276. The number of aromatic nitrogens is 1. The zero-order valence-electron chi connectivity index (χ0n) is 12.5.